The fourth-order valence-corrected chi connectivity index (χ4v) is 2.91. The van der Waals surface area contributed by atoms with Gasteiger partial charge >= 0.3 is 0 Å². The van der Waals surface area contributed by atoms with Crippen molar-refractivity contribution in [2.24, 2.45) is 5.92 Å². The molecule has 1 aromatic heterocycles. The van der Waals surface area contributed by atoms with Crippen LogP contribution in [-0.2, 0) is 6.42 Å². The summed E-state index contributed by atoms with van der Waals surface area (Å²) in [4.78, 5) is 19.4. The molecule has 0 saturated heterocycles. The van der Waals surface area contributed by atoms with E-state index in [-0.39, 0.29) is 5.56 Å². The number of nitrogen functional groups attached to an aromatic ring is 1. The maximum absolute atomic E-state index is 12.0. The summed E-state index contributed by atoms with van der Waals surface area (Å²) in [6.45, 7) is 4.26. The van der Waals surface area contributed by atoms with Gasteiger partial charge in [0.2, 0.25) is 0 Å². The molecule has 100 valence electrons. The molecule has 2 rings (SSSR count). The molecule has 4 heteroatoms. The van der Waals surface area contributed by atoms with Crippen LogP contribution in [0.5, 0.6) is 0 Å². The van der Waals surface area contributed by atoms with Crippen molar-refractivity contribution in [3.8, 4) is 0 Å². The van der Waals surface area contributed by atoms with E-state index in [4.69, 9.17) is 5.73 Å². The molecule has 1 heterocycles. The fraction of sp³-hybridized carbons (Fsp3) is 0.714. The third kappa shape index (κ3) is 2.57. The first-order valence-corrected chi connectivity index (χ1v) is 7.04. The van der Waals surface area contributed by atoms with Gasteiger partial charge < -0.3 is 10.7 Å². The Labute approximate surface area is 108 Å². The first kappa shape index (κ1) is 13.1. The van der Waals surface area contributed by atoms with Crippen molar-refractivity contribution in [3.05, 3.63) is 21.7 Å². The van der Waals surface area contributed by atoms with Crippen LogP contribution in [0, 0.1) is 5.92 Å². The molecule has 0 aliphatic heterocycles. The topological polar surface area (TPSA) is 71.8 Å². The van der Waals surface area contributed by atoms with Crippen molar-refractivity contribution in [2.45, 2.75) is 58.3 Å². The highest BCUT2D eigenvalue weighted by Gasteiger charge is 2.27. The number of rotatable bonds is 4. The Bertz CT molecular complexity index is 467. The van der Waals surface area contributed by atoms with E-state index in [0.717, 1.165) is 31.0 Å². The van der Waals surface area contributed by atoms with Crippen molar-refractivity contribution in [1.29, 1.82) is 0 Å². The molecule has 3 N–H and O–H groups in total. The minimum absolute atomic E-state index is 0.0423. The van der Waals surface area contributed by atoms with Gasteiger partial charge in [-0.2, -0.15) is 0 Å². The van der Waals surface area contributed by atoms with Crippen LogP contribution in [0.15, 0.2) is 4.79 Å². The Morgan fingerprint density at radius 2 is 2.17 bits per heavy atom. The van der Waals surface area contributed by atoms with E-state index in [1.54, 1.807) is 0 Å². The number of nitrogens with two attached hydrogens (primary N) is 1. The number of hydrogen-bond acceptors (Lipinski definition) is 3. The number of aromatic amines is 1. The number of nitrogens with one attached hydrogen (secondary N) is 1. The average molecular weight is 249 g/mol. The highest BCUT2D eigenvalue weighted by Crippen LogP contribution is 2.38. The summed E-state index contributed by atoms with van der Waals surface area (Å²) in [5.74, 6) is 2.39. The van der Waals surface area contributed by atoms with E-state index in [0.29, 0.717) is 23.7 Å². The van der Waals surface area contributed by atoms with Crippen LogP contribution in [0.2, 0.25) is 0 Å². The first-order chi connectivity index (χ1) is 8.65. The molecule has 1 aromatic rings. The zero-order valence-electron chi connectivity index (χ0n) is 11.3. The molecule has 1 aliphatic rings. The highest BCUT2D eigenvalue weighted by molar-refractivity contribution is 5.38. The number of H-pyrrole nitrogens is 1. The third-order valence-electron chi connectivity index (χ3n) is 4.07. The predicted molar refractivity (Wildman–Crippen MR) is 73.6 cm³/mol. The molecule has 0 aromatic carbocycles. The zero-order chi connectivity index (χ0) is 13.1. The Balaban J connectivity index is 2.23. The second-order valence-electron chi connectivity index (χ2n) is 5.35. The smallest absolute Gasteiger partial charge is 0.256 e. The molecule has 1 saturated carbocycles. The van der Waals surface area contributed by atoms with Gasteiger partial charge in [0.25, 0.3) is 5.56 Å². The lowest BCUT2D eigenvalue weighted by molar-refractivity contribution is 0.516. The monoisotopic (exact) mass is 249 g/mol. The van der Waals surface area contributed by atoms with Crippen molar-refractivity contribution in [1.82, 2.24) is 9.97 Å². The van der Waals surface area contributed by atoms with E-state index in [9.17, 15) is 4.79 Å². The summed E-state index contributed by atoms with van der Waals surface area (Å²) in [6, 6.07) is 0. The molecule has 0 radical (unpaired) electrons. The molecule has 0 amide bonds. The fourth-order valence-electron chi connectivity index (χ4n) is 2.91. The quantitative estimate of drug-likeness (QED) is 0.861. The minimum Gasteiger partial charge on any atom is -0.383 e. The van der Waals surface area contributed by atoms with Gasteiger partial charge in [-0.15, -0.1) is 0 Å². The van der Waals surface area contributed by atoms with E-state index < -0.39 is 0 Å². The van der Waals surface area contributed by atoms with Gasteiger partial charge in [0.1, 0.15) is 11.6 Å². The lowest BCUT2D eigenvalue weighted by Gasteiger charge is -2.11. The van der Waals surface area contributed by atoms with E-state index in [1.807, 2.05) is 6.92 Å². The van der Waals surface area contributed by atoms with Crippen LogP contribution >= 0.6 is 0 Å². The lowest BCUT2D eigenvalue weighted by Crippen LogP contribution is -2.21. The Morgan fingerprint density at radius 1 is 1.39 bits per heavy atom. The largest absolute Gasteiger partial charge is 0.383 e. The summed E-state index contributed by atoms with van der Waals surface area (Å²) in [5.41, 5.74) is 6.51. The van der Waals surface area contributed by atoms with Gasteiger partial charge in [-0.1, -0.05) is 26.7 Å². The summed E-state index contributed by atoms with van der Waals surface area (Å²) in [6.07, 6.45) is 6.32. The normalized spacial score (nSPS) is 23.4. The van der Waals surface area contributed by atoms with Crippen molar-refractivity contribution >= 4 is 5.82 Å². The van der Waals surface area contributed by atoms with Crippen LogP contribution in [0.4, 0.5) is 5.82 Å². The summed E-state index contributed by atoms with van der Waals surface area (Å²) in [7, 11) is 0. The van der Waals surface area contributed by atoms with E-state index >= 15 is 0 Å². The SMILES string of the molecule is CCCc1c(N)nc(C2CCC(CC)C2)[nH]c1=O. The molecule has 2 atom stereocenters. The minimum atomic E-state index is -0.0423. The predicted octanol–water partition coefficient (Wildman–Crippen LogP) is 2.60. The summed E-state index contributed by atoms with van der Waals surface area (Å²) < 4.78 is 0. The molecule has 4 nitrogen and oxygen atoms in total. The van der Waals surface area contributed by atoms with Gasteiger partial charge in [0.05, 0.1) is 5.56 Å². The van der Waals surface area contributed by atoms with Gasteiger partial charge in [-0.3, -0.25) is 4.79 Å². The van der Waals surface area contributed by atoms with Gasteiger partial charge in [-0.25, -0.2) is 4.98 Å². The molecule has 1 aliphatic carbocycles. The molecular formula is C14H23N3O. The molecular weight excluding hydrogens is 226 g/mol. The standard InChI is InChI=1S/C14H23N3O/c1-3-5-11-12(15)16-13(17-14(11)18)10-7-6-9(4-2)8-10/h9-10H,3-8H2,1-2H3,(H3,15,16,17,18). The van der Waals surface area contributed by atoms with Crippen LogP contribution < -0.4 is 11.3 Å². The van der Waals surface area contributed by atoms with Crippen molar-refractivity contribution < 1.29 is 0 Å². The number of nitrogens with zero attached hydrogens (tertiary/aromatic N) is 1. The van der Waals surface area contributed by atoms with E-state index in [2.05, 4.69) is 16.9 Å². The summed E-state index contributed by atoms with van der Waals surface area (Å²) >= 11 is 0. The Morgan fingerprint density at radius 3 is 2.72 bits per heavy atom. The highest BCUT2D eigenvalue weighted by atomic mass is 16.1. The van der Waals surface area contributed by atoms with Gasteiger partial charge in [0.15, 0.2) is 0 Å². The summed E-state index contributed by atoms with van der Waals surface area (Å²) in [5, 5.41) is 0. The van der Waals surface area contributed by atoms with Crippen molar-refractivity contribution in [2.75, 3.05) is 5.73 Å². The van der Waals surface area contributed by atoms with Crippen LogP contribution in [0.25, 0.3) is 0 Å². The number of aromatic nitrogens is 2. The average Bonchev–Trinajstić information content (AvgIpc) is 2.82. The van der Waals surface area contributed by atoms with Gasteiger partial charge in [-0.05, 0) is 31.6 Å². The Hall–Kier alpha value is -1.32. The molecule has 1 fully saturated rings. The zero-order valence-corrected chi connectivity index (χ0v) is 11.3. The van der Waals surface area contributed by atoms with Crippen molar-refractivity contribution in [3.63, 3.8) is 0 Å². The maximum Gasteiger partial charge on any atom is 0.256 e. The third-order valence-corrected chi connectivity index (χ3v) is 4.07. The van der Waals surface area contributed by atoms with Gasteiger partial charge in [0, 0.05) is 5.92 Å². The molecule has 2 unspecified atom stereocenters. The molecule has 0 bridgehead atoms. The molecule has 18 heavy (non-hydrogen) atoms. The number of anilines is 1. The maximum atomic E-state index is 12.0. The van der Waals surface area contributed by atoms with Crippen LogP contribution in [0.1, 0.15) is 63.3 Å². The lowest BCUT2D eigenvalue weighted by atomic mass is 10.0. The second kappa shape index (κ2) is 5.55. The van der Waals surface area contributed by atoms with E-state index in [1.165, 1.54) is 12.8 Å². The first-order valence-electron chi connectivity index (χ1n) is 7.04. The van der Waals surface area contributed by atoms with Crippen LogP contribution in [-0.4, -0.2) is 9.97 Å². The number of hydrogen-bond donors (Lipinski definition) is 2. The van der Waals surface area contributed by atoms with Crippen LogP contribution in [0.3, 0.4) is 0 Å². The second-order valence-corrected chi connectivity index (χ2v) is 5.35. The molecule has 0 spiro atoms. The Kier molecular flexibility index (Phi) is 4.04.